The lowest BCUT2D eigenvalue weighted by molar-refractivity contribution is -0.128. The fraction of sp³-hybridized carbons (Fsp3) is 0.533. The molecule has 0 aliphatic rings. The maximum absolute atomic E-state index is 11.9. The average Bonchev–Trinajstić information content (AvgIpc) is 2.27. The Morgan fingerprint density at radius 1 is 1.37 bits per heavy atom. The summed E-state index contributed by atoms with van der Waals surface area (Å²) in [6.45, 7) is 8.38. The SMILES string of the molecule is CNCc1cccc(OC(C)C(=O)NC(C)(C)C)c1. The van der Waals surface area contributed by atoms with Gasteiger partial charge in [-0.15, -0.1) is 0 Å². The Labute approximate surface area is 115 Å². The molecule has 0 radical (unpaired) electrons. The van der Waals surface area contributed by atoms with Crippen molar-refractivity contribution < 1.29 is 9.53 Å². The van der Waals surface area contributed by atoms with Gasteiger partial charge in [0.05, 0.1) is 0 Å². The highest BCUT2D eigenvalue weighted by molar-refractivity contribution is 5.81. The van der Waals surface area contributed by atoms with Gasteiger partial charge in [-0.25, -0.2) is 0 Å². The van der Waals surface area contributed by atoms with E-state index in [1.807, 2.05) is 52.1 Å². The van der Waals surface area contributed by atoms with E-state index in [1.54, 1.807) is 6.92 Å². The topological polar surface area (TPSA) is 50.4 Å². The highest BCUT2D eigenvalue weighted by atomic mass is 16.5. The minimum atomic E-state index is -0.510. The predicted octanol–water partition coefficient (Wildman–Crippen LogP) is 2.09. The van der Waals surface area contributed by atoms with Gasteiger partial charge >= 0.3 is 0 Å². The van der Waals surface area contributed by atoms with Crippen molar-refractivity contribution in [2.45, 2.75) is 45.9 Å². The maximum atomic E-state index is 11.9. The fourth-order valence-corrected chi connectivity index (χ4v) is 1.66. The molecular weight excluding hydrogens is 240 g/mol. The molecule has 4 heteroatoms. The van der Waals surface area contributed by atoms with Gasteiger partial charge in [0.2, 0.25) is 0 Å². The van der Waals surface area contributed by atoms with Gasteiger partial charge in [-0.1, -0.05) is 12.1 Å². The van der Waals surface area contributed by atoms with Gasteiger partial charge in [0.25, 0.3) is 5.91 Å². The molecule has 0 bridgehead atoms. The van der Waals surface area contributed by atoms with Crippen LogP contribution >= 0.6 is 0 Å². The van der Waals surface area contributed by atoms with E-state index in [9.17, 15) is 4.79 Å². The summed E-state index contributed by atoms with van der Waals surface area (Å²) >= 11 is 0. The highest BCUT2D eigenvalue weighted by Gasteiger charge is 2.20. The molecule has 0 aliphatic heterocycles. The summed E-state index contributed by atoms with van der Waals surface area (Å²) in [5.74, 6) is 0.607. The van der Waals surface area contributed by atoms with Crippen LogP contribution in [0.3, 0.4) is 0 Å². The molecule has 0 saturated carbocycles. The fourth-order valence-electron chi connectivity index (χ4n) is 1.66. The van der Waals surface area contributed by atoms with E-state index in [4.69, 9.17) is 4.74 Å². The third-order valence-electron chi connectivity index (χ3n) is 2.46. The molecule has 1 aromatic carbocycles. The van der Waals surface area contributed by atoms with E-state index in [2.05, 4.69) is 10.6 Å². The second kappa shape index (κ2) is 6.57. The summed E-state index contributed by atoms with van der Waals surface area (Å²) in [6.07, 6.45) is -0.510. The van der Waals surface area contributed by atoms with Crippen LogP contribution in [0.5, 0.6) is 5.75 Å². The van der Waals surface area contributed by atoms with Crippen LogP contribution in [0.15, 0.2) is 24.3 Å². The van der Waals surface area contributed by atoms with Gasteiger partial charge in [-0.2, -0.15) is 0 Å². The molecule has 19 heavy (non-hydrogen) atoms. The molecule has 1 atom stereocenters. The van der Waals surface area contributed by atoms with Gasteiger partial charge in [0.1, 0.15) is 5.75 Å². The molecule has 106 valence electrons. The molecule has 1 amide bonds. The van der Waals surface area contributed by atoms with Crippen LogP contribution in [0.4, 0.5) is 0 Å². The molecule has 0 saturated heterocycles. The summed E-state index contributed by atoms with van der Waals surface area (Å²) in [5.41, 5.74) is 0.881. The summed E-state index contributed by atoms with van der Waals surface area (Å²) < 4.78 is 5.67. The van der Waals surface area contributed by atoms with Crippen molar-refractivity contribution in [1.29, 1.82) is 0 Å². The predicted molar refractivity (Wildman–Crippen MR) is 77.2 cm³/mol. The molecule has 1 rings (SSSR count). The first-order chi connectivity index (χ1) is 8.81. The number of nitrogens with one attached hydrogen (secondary N) is 2. The first-order valence-electron chi connectivity index (χ1n) is 6.54. The van der Waals surface area contributed by atoms with Gasteiger partial charge < -0.3 is 15.4 Å². The zero-order valence-corrected chi connectivity index (χ0v) is 12.4. The number of ether oxygens (including phenoxy) is 1. The van der Waals surface area contributed by atoms with E-state index < -0.39 is 6.10 Å². The molecule has 1 unspecified atom stereocenters. The second-order valence-corrected chi connectivity index (χ2v) is 5.68. The van der Waals surface area contributed by atoms with Crippen LogP contribution in [-0.2, 0) is 11.3 Å². The van der Waals surface area contributed by atoms with Crippen LogP contribution < -0.4 is 15.4 Å². The minimum absolute atomic E-state index is 0.105. The Hall–Kier alpha value is -1.55. The van der Waals surface area contributed by atoms with E-state index in [1.165, 1.54) is 0 Å². The average molecular weight is 264 g/mol. The van der Waals surface area contributed by atoms with Crippen molar-refractivity contribution in [3.05, 3.63) is 29.8 Å². The van der Waals surface area contributed by atoms with Gasteiger partial charge in [-0.05, 0) is 52.4 Å². The van der Waals surface area contributed by atoms with Crippen molar-refractivity contribution in [3.63, 3.8) is 0 Å². The second-order valence-electron chi connectivity index (χ2n) is 5.68. The van der Waals surface area contributed by atoms with Gasteiger partial charge in [-0.3, -0.25) is 4.79 Å². The van der Waals surface area contributed by atoms with Crippen LogP contribution in [0.25, 0.3) is 0 Å². The molecule has 0 heterocycles. The first kappa shape index (κ1) is 15.5. The van der Waals surface area contributed by atoms with Gasteiger partial charge in [0, 0.05) is 12.1 Å². The lowest BCUT2D eigenvalue weighted by Crippen LogP contribution is -2.46. The Kier molecular flexibility index (Phi) is 5.36. The van der Waals surface area contributed by atoms with Crippen molar-refractivity contribution in [2.24, 2.45) is 0 Å². The van der Waals surface area contributed by atoms with Crippen LogP contribution in [0.1, 0.15) is 33.3 Å². The Bertz CT molecular complexity index is 424. The Morgan fingerprint density at radius 2 is 2.05 bits per heavy atom. The number of hydrogen-bond donors (Lipinski definition) is 2. The Morgan fingerprint density at radius 3 is 2.63 bits per heavy atom. The molecule has 0 aromatic heterocycles. The standard InChI is InChI=1S/C15H24N2O2/c1-11(14(18)17-15(2,3)4)19-13-8-6-7-12(9-13)10-16-5/h6-9,11,16H,10H2,1-5H3,(H,17,18). The minimum Gasteiger partial charge on any atom is -0.481 e. The van der Waals surface area contributed by atoms with Crippen LogP contribution in [-0.4, -0.2) is 24.6 Å². The first-order valence-corrected chi connectivity index (χ1v) is 6.54. The lowest BCUT2D eigenvalue weighted by atomic mass is 10.1. The summed E-state index contributed by atoms with van der Waals surface area (Å²) in [4.78, 5) is 11.9. The molecule has 0 spiro atoms. The van der Waals surface area contributed by atoms with E-state index >= 15 is 0 Å². The van der Waals surface area contributed by atoms with E-state index in [0.29, 0.717) is 5.75 Å². The van der Waals surface area contributed by atoms with Gasteiger partial charge in [0.15, 0.2) is 6.10 Å². The third-order valence-corrected chi connectivity index (χ3v) is 2.46. The lowest BCUT2D eigenvalue weighted by Gasteiger charge is -2.23. The molecule has 4 nitrogen and oxygen atoms in total. The normalized spacial score (nSPS) is 12.9. The zero-order chi connectivity index (χ0) is 14.5. The molecule has 1 aromatic rings. The van der Waals surface area contributed by atoms with Crippen molar-refractivity contribution in [3.8, 4) is 5.75 Å². The molecule has 2 N–H and O–H groups in total. The van der Waals surface area contributed by atoms with Crippen LogP contribution in [0.2, 0.25) is 0 Å². The number of carbonyl (C=O) groups is 1. The van der Waals surface area contributed by atoms with Crippen LogP contribution in [0, 0.1) is 0 Å². The van der Waals surface area contributed by atoms with Crippen molar-refractivity contribution in [1.82, 2.24) is 10.6 Å². The number of carbonyl (C=O) groups excluding carboxylic acids is 1. The summed E-state index contributed by atoms with van der Waals surface area (Å²) in [7, 11) is 1.90. The highest BCUT2D eigenvalue weighted by Crippen LogP contribution is 2.15. The molecule has 0 fully saturated rings. The number of rotatable bonds is 5. The molecule has 0 aliphatic carbocycles. The summed E-state index contributed by atoms with van der Waals surface area (Å²) in [5, 5.41) is 5.99. The zero-order valence-electron chi connectivity index (χ0n) is 12.4. The number of hydrogen-bond acceptors (Lipinski definition) is 3. The molecular formula is C15H24N2O2. The van der Waals surface area contributed by atoms with E-state index in [-0.39, 0.29) is 11.4 Å². The number of amides is 1. The maximum Gasteiger partial charge on any atom is 0.261 e. The van der Waals surface area contributed by atoms with Crippen molar-refractivity contribution in [2.75, 3.05) is 7.05 Å². The monoisotopic (exact) mass is 264 g/mol. The van der Waals surface area contributed by atoms with E-state index in [0.717, 1.165) is 12.1 Å². The summed E-state index contributed by atoms with van der Waals surface area (Å²) in [6, 6.07) is 7.75. The quantitative estimate of drug-likeness (QED) is 0.856. The third kappa shape index (κ3) is 5.75. The Balaban J connectivity index is 2.63. The van der Waals surface area contributed by atoms with Crippen molar-refractivity contribution >= 4 is 5.91 Å². The smallest absolute Gasteiger partial charge is 0.261 e. The number of benzene rings is 1. The largest absolute Gasteiger partial charge is 0.481 e.